The summed E-state index contributed by atoms with van der Waals surface area (Å²) in [6, 6.07) is 63.9. The molecule has 256 valence electrons. The van der Waals surface area contributed by atoms with Crippen molar-refractivity contribution in [2.24, 2.45) is 0 Å². The number of hydrogen-bond donors (Lipinski definition) is 0. The molecular formula is C50H32F2N2. The van der Waals surface area contributed by atoms with Crippen LogP contribution in [0.4, 0.5) is 25.8 Å². The van der Waals surface area contributed by atoms with Crippen molar-refractivity contribution in [2.75, 3.05) is 4.90 Å². The van der Waals surface area contributed by atoms with E-state index in [0.29, 0.717) is 11.1 Å². The Kier molecular flexibility index (Phi) is 7.55. The summed E-state index contributed by atoms with van der Waals surface area (Å²) in [7, 11) is 0. The van der Waals surface area contributed by atoms with Gasteiger partial charge in [-0.1, -0.05) is 121 Å². The molecule has 10 aromatic rings. The first kappa shape index (κ1) is 31.7. The number of aromatic nitrogens is 1. The third-order valence-corrected chi connectivity index (χ3v) is 10.5. The second-order valence-electron chi connectivity index (χ2n) is 13.5. The van der Waals surface area contributed by atoms with Crippen LogP contribution in [-0.4, -0.2) is 4.57 Å². The van der Waals surface area contributed by atoms with Crippen LogP contribution in [0.3, 0.4) is 0 Å². The van der Waals surface area contributed by atoms with E-state index < -0.39 is 0 Å². The number of rotatable bonds is 6. The fourth-order valence-corrected chi connectivity index (χ4v) is 8.19. The van der Waals surface area contributed by atoms with Crippen LogP contribution in [0.1, 0.15) is 0 Å². The van der Waals surface area contributed by atoms with Crippen LogP contribution >= 0.6 is 0 Å². The zero-order valence-electron chi connectivity index (χ0n) is 29.1. The van der Waals surface area contributed by atoms with E-state index in [0.717, 1.165) is 77.2 Å². The summed E-state index contributed by atoms with van der Waals surface area (Å²) in [5.74, 6) is -0.617. The molecule has 0 bridgehead atoms. The fourth-order valence-electron chi connectivity index (χ4n) is 8.19. The monoisotopic (exact) mass is 698 g/mol. The lowest BCUT2D eigenvalue weighted by Gasteiger charge is -2.27. The molecule has 0 fully saturated rings. The summed E-state index contributed by atoms with van der Waals surface area (Å²) in [5.41, 5.74) is 8.76. The smallest absolute Gasteiger partial charge is 0.131 e. The highest BCUT2D eigenvalue weighted by molar-refractivity contribution is 6.22. The Bertz CT molecular complexity index is 3020. The Morgan fingerprint density at radius 1 is 0.333 bits per heavy atom. The minimum absolute atomic E-state index is 0.305. The Hall–Kier alpha value is -7.04. The van der Waals surface area contributed by atoms with Crippen LogP contribution in [0.5, 0.6) is 0 Å². The number of fused-ring (bicyclic) bond motifs is 5. The van der Waals surface area contributed by atoms with Gasteiger partial charge < -0.3 is 9.47 Å². The van der Waals surface area contributed by atoms with Crippen LogP contribution in [0, 0.1) is 11.6 Å². The lowest BCUT2D eigenvalue weighted by atomic mass is 9.85. The SMILES string of the molecule is Fc1ccccc1-c1c2ccccc2c(-c2ccccc2F)c2cc(N(c3ccccc3)c3ccc4c(c3)c3ccccc3n4-c3ccccc3)ccc12. The first-order valence-electron chi connectivity index (χ1n) is 18.1. The predicted molar refractivity (Wildman–Crippen MR) is 221 cm³/mol. The molecule has 0 radical (unpaired) electrons. The third-order valence-electron chi connectivity index (χ3n) is 10.5. The van der Waals surface area contributed by atoms with Crippen LogP contribution < -0.4 is 4.90 Å². The summed E-state index contributed by atoms with van der Waals surface area (Å²) in [4.78, 5) is 2.25. The quantitative estimate of drug-likeness (QED) is 0.157. The van der Waals surface area contributed by atoms with Crippen molar-refractivity contribution < 1.29 is 8.78 Å². The summed E-state index contributed by atoms with van der Waals surface area (Å²) in [5, 5.41) is 5.68. The molecule has 0 saturated heterocycles. The van der Waals surface area contributed by atoms with Crippen LogP contribution in [0.2, 0.25) is 0 Å². The number of anilines is 3. The highest BCUT2D eigenvalue weighted by Crippen LogP contribution is 2.47. The first-order valence-corrected chi connectivity index (χ1v) is 18.1. The summed E-state index contributed by atoms with van der Waals surface area (Å²) in [6.45, 7) is 0. The van der Waals surface area contributed by atoms with Crippen LogP contribution in [-0.2, 0) is 0 Å². The van der Waals surface area contributed by atoms with Crippen molar-refractivity contribution in [3.63, 3.8) is 0 Å². The zero-order chi connectivity index (χ0) is 36.2. The topological polar surface area (TPSA) is 8.17 Å². The standard InChI is InChI=1S/C50H32F2N2/c51-45-24-12-9-22-41(45)49-38-20-7-8-21-39(38)50(42-23-10-13-25-46(42)52)44-32-35(27-29-40(44)49)53(33-15-3-1-4-16-33)36-28-30-48-43(31-36)37-19-11-14-26-47(37)54(48)34-17-5-2-6-18-34/h1-32H. The van der Waals surface area contributed by atoms with E-state index >= 15 is 8.78 Å². The second kappa shape index (κ2) is 12.9. The normalized spacial score (nSPS) is 11.5. The minimum atomic E-state index is -0.312. The van der Waals surface area contributed by atoms with Gasteiger partial charge in [0.1, 0.15) is 11.6 Å². The number of para-hydroxylation sites is 3. The molecule has 54 heavy (non-hydrogen) atoms. The molecule has 4 heteroatoms. The number of benzene rings is 9. The molecule has 10 rings (SSSR count). The maximum absolute atomic E-state index is 15.9. The maximum Gasteiger partial charge on any atom is 0.131 e. The highest BCUT2D eigenvalue weighted by atomic mass is 19.1. The highest BCUT2D eigenvalue weighted by Gasteiger charge is 2.23. The molecule has 0 amide bonds. The molecule has 0 aliphatic carbocycles. The van der Waals surface area contributed by atoms with Crippen molar-refractivity contribution in [1.29, 1.82) is 0 Å². The van der Waals surface area contributed by atoms with E-state index in [9.17, 15) is 0 Å². The van der Waals surface area contributed by atoms with Crippen molar-refractivity contribution in [3.8, 4) is 27.9 Å². The fraction of sp³-hybridized carbons (Fsp3) is 0. The number of hydrogen-bond acceptors (Lipinski definition) is 1. The molecule has 0 saturated carbocycles. The van der Waals surface area contributed by atoms with Crippen molar-refractivity contribution in [1.82, 2.24) is 4.57 Å². The average Bonchev–Trinajstić information content (AvgIpc) is 3.55. The molecule has 2 nitrogen and oxygen atoms in total. The molecule has 0 aliphatic rings. The lowest BCUT2D eigenvalue weighted by Crippen LogP contribution is -2.10. The molecule has 0 N–H and O–H groups in total. The Morgan fingerprint density at radius 2 is 0.796 bits per heavy atom. The molecule has 0 unspecified atom stereocenters. The van der Waals surface area contributed by atoms with E-state index in [1.54, 1.807) is 12.1 Å². The van der Waals surface area contributed by atoms with Gasteiger partial charge in [-0.15, -0.1) is 0 Å². The number of nitrogens with zero attached hydrogens (tertiary/aromatic N) is 2. The first-order chi connectivity index (χ1) is 26.7. The lowest BCUT2D eigenvalue weighted by molar-refractivity contribution is 0.631. The van der Waals surface area contributed by atoms with Gasteiger partial charge in [-0.25, -0.2) is 8.78 Å². The molecule has 1 aromatic heterocycles. The molecule has 0 atom stereocenters. The minimum Gasteiger partial charge on any atom is -0.310 e. The largest absolute Gasteiger partial charge is 0.310 e. The second-order valence-corrected chi connectivity index (χ2v) is 13.5. The molecule has 1 heterocycles. The van der Waals surface area contributed by atoms with E-state index in [1.165, 1.54) is 12.1 Å². The van der Waals surface area contributed by atoms with Gasteiger partial charge in [0, 0.05) is 55.8 Å². The molecule has 0 spiro atoms. The van der Waals surface area contributed by atoms with Gasteiger partial charge in [0.25, 0.3) is 0 Å². The average molecular weight is 699 g/mol. The Balaban J connectivity index is 1.28. The molecular weight excluding hydrogens is 667 g/mol. The van der Waals surface area contributed by atoms with Gasteiger partial charge in [-0.05, 0) is 94.3 Å². The van der Waals surface area contributed by atoms with E-state index in [1.807, 2.05) is 72.8 Å². The van der Waals surface area contributed by atoms with Crippen LogP contribution in [0.25, 0.3) is 71.3 Å². The molecule has 9 aromatic carbocycles. The van der Waals surface area contributed by atoms with E-state index in [2.05, 4.69) is 107 Å². The maximum atomic E-state index is 15.9. The van der Waals surface area contributed by atoms with Crippen molar-refractivity contribution in [2.45, 2.75) is 0 Å². The van der Waals surface area contributed by atoms with Gasteiger partial charge in [0.05, 0.1) is 11.0 Å². The van der Waals surface area contributed by atoms with Crippen LogP contribution in [0.15, 0.2) is 194 Å². The summed E-state index contributed by atoms with van der Waals surface area (Å²) >= 11 is 0. The van der Waals surface area contributed by atoms with E-state index in [-0.39, 0.29) is 11.6 Å². The predicted octanol–water partition coefficient (Wildman–Crippen LogP) is 14.2. The van der Waals surface area contributed by atoms with Gasteiger partial charge in [-0.3, -0.25) is 0 Å². The number of halogens is 2. The zero-order valence-corrected chi connectivity index (χ0v) is 29.1. The van der Waals surface area contributed by atoms with E-state index in [4.69, 9.17) is 0 Å². The van der Waals surface area contributed by atoms with Gasteiger partial charge in [0.2, 0.25) is 0 Å². The summed E-state index contributed by atoms with van der Waals surface area (Å²) < 4.78 is 34.0. The van der Waals surface area contributed by atoms with Crippen molar-refractivity contribution in [3.05, 3.63) is 206 Å². The third kappa shape index (κ3) is 5.07. The van der Waals surface area contributed by atoms with Crippen molar-refractivity contribution >= 4 is 60.4 Å². The summed E-state index contributed by atoms with van der Waals surface area (Å²) in [6.07, 6.45) is 0. The van der Waals surface area contributed by atoms with Gasteiger partial charge >= 0.3 is 0 Å². The Labute approximate surface area is 311 Å². The Morgan fingerprint density at radius 3 is 1.44 bits per heavy atom. The molecule has 0 aliphatic heterocycles. The van der Waals surface area contributed by atoms with Gasteiger partial charge in [0.15, 0.2) is 0 Å². The van der Waals surface area contributed by atoms with Gasteiger partial charge in [-0.2, -0.15) is 0 Å².